The standard InChI is InChI=1S/C24H19ClNO3.ClHO4/c1-27-23-18(25)6-5-17-20-12-24(15-7-10-28-13-15,16-8-11-29-14-16)22(21(17)23)19-4-2-3-9-26(19)20;2-1(3,4)5/h2-11,13-14,20,22H,12H2,1H3;(H,2,3,4,5)/q+1;/p-1. The minimum absolute atomic E-state index is 0.00699. The molecule has 5 heterocycles. The fraction of sp³-hybridized carbons (Fsp3) is 0.208. The Morgan fingerprint density at radius 3 is 2.21 bits per heavy atom. The molecule has 0 N–H and O–H groups in total. The quantitative estimate of drug-likeness (QED) is 0.371. The van der Waals surface area contributed by atoms with Crippen LogP contribution in [0.4, 0.5) is 0 Å². The number of aromatic nitrogens is 1. The summed E-state index contributed by atoms with van der Waals surface area (Å²) in [4.78, 5) is 0. The van der Waals surface area contributed by atoms with Gasteiger partial charge in [-0.05, 0) is 18.2 Å². The second-order valence-corrected chi connectivity index (χ2v) is 9.31. The molecule has 1 aliphatic carbocycles. The zero-order valence-corrected chi connectivity index (χ0v) is 19.4. The number of ether oxygens (including phenoxy) is 1. The van der Waals surface area contributed by atoms with E-state index in [1.165, 1.54) is 11.3 Å². The first-order chi connectivity index (χ1) is 16.3. The SMILES string of the molecule is COc1c(Cl)ccc2c1C1c3cccc[n+]3C2CC1(c1ccoc1)c1ccoc1.[O-][Cl+3]([O-])([O-])[O-]. The number of nitrogens with zero attached hydrogens (tertiary/aromatic N) is 1. The first-order valence-corrected chi connectivity index (χ1v) is 11.9. The molecule has 0 amide bonds. The van der Waals surface area contributed by atoms with Gasteiger partial charge in [-0.3, -0.25) is 0 Å². The molecular weight excluding hydrogens is 485 g/mol. The maximum absolute atomic E-state index is 8.49. The lowest BCUT2D eigenvalue weighted by Gasteiger charge is -2.48. The normalized spacial score (nSPS) is 19.6. The van der Waals surface area contributed by atoms with Gasteiger partial charge in [0, 0.05) is 40.8 Å². The number of halogens is 2. The van der Waals surface area contributed by atoms with E-state index in [-0.39, 0.29) is 17.4 Å². The van der Waals surface area contributed by atoms with Crippen LogP contribution in [-0.2, 0) is 5.41 Å². The van der Waals surface area contributed by atoms with E-state index in [0.717, 1.165) is 28.9 Å². The molecule has 4 aromatic rings. The molecular formula is C24H19Cl2NO7. The molecule has 176 valence electrons. The number of hydrogen-bond acceptors (Lipinski definition) is 7. The number of benzene rings is 1. The van der Waals surface area contributed by atoms with Crippen molar-refractivity contribution >= 4 is 11.6 Å². The Bertz CT molecular complexity index is 1260. The Morgan fingerprint density at radius 1 is 1.00 bits per heavy atom. The first-order valence-electron chi connectivity index (χ1n) is 10.3. The second-order valence-electron chi connectivity index (χ2n) is 8.14. The zero-order valence-electron chi connectivity index (χ0n) is 17.9. The predicted octanol–water partition coefficient (Wildman–Crippen LogP) is 0.491. The highest BCUT2D eigenvalue weighted by Gasteiger charge is 2.61. The van der Waals surface area contributed by atoms with Crippen LogP contribution in [0.25, 0.3) is 0 Å². The average molecular weight is 504 g/mol. The Labute approximate surface area is 201 Å². The molecule has 7 rings (SSSR count). The Morgan fingerprint density at radius 2 is 1.65 bits per heavy atom. The molecule has 0 spiro atoms. The van der Waals surface area contributed by atoms with Gasteiger partial charge in [-0.15, -0.1) is 10.2 Å². The third kappa shape index (κ3) is 3.60. The van der Waals surface area contributed by atoms with Gasteiger partial charge >= 0.3 is 0 Å². The Balaban J connectivity index is 0.000000439. The van der Waals surface area contributed by atoms with E-state index in [4.69, 9.17) is 43.8 Å². The van der Waals surface area contributed by atoms with Gasteiger partial charge in [0.2, 0.25) is 0 Å². The lowest BCUT2D eigenvalue weighted by atomic mass is 9.54. The number of hydrogen-bond donors (Lipinski definition) is 0. The molecule has 2 aliphatic heterocycles. The molecule has 8 nitrogen and oxygen atoms in total. The monoisotopic (exact) mass is 503 g/mol. The summed E-state index contributed by atoms with van der Waals surface area (Å²) >= 11 is 6.60. The summed E-state index contributed by atoms with van der Waals surface area (Å²) in [6.07, 6.45) is 10.3. The van der Waals surface area contributed by atoms with Gasteiger partial charge in [-0.25, -0.2) is 18.6 Å². The van der Waals surface area contributed by atoms with Crippen molar-refractivity contribution in [2.45, 2.75) is 23.8 Å². The van der Waals surface area contributed by atoms with Crippen molar-refractivity contribution in [1.82, 2.24) is 0 Å². The van der Waals surface area contributed by atoms with Gasteiger partial charge in [0.05, 0.1) is 48.5 Å². The van der Waals surface area contributed by atoms with E-state index in [0.29, 0.717) is 5.02 Å². The summed E-state index contributed by atoms with van der Waals surface area (Å²) < 4.78 is 53.3. The molecule has 10 heteroatoms. The summed E-state index contributed by atoms with van der Waals surface area (Å²) in [7, 11) is -3.25. The molecule has 3 aliphatic rings. The van der Waals surface area contributed by atoms with Crippen molar-refractivity contribution in [3.63, 3.8) is 0 Å². The zero-order chi connectivity index (χ0) is 24.1. The molecule has 0 saturated heterocycles. The van der Waals surface area contributed by atoms with E-state index >= 15 is 0 Å². The molecule has 2 atom stereocenters. The number of pyridine rings is 1. The summed E-state index contributed by atoms with van der Waals surface area (Å²) in [5, 5.41) is 0.634. The van der Waals surface area contributed by atoms with Crippen LogP contribution in [0, 0.1) is 10.2 Å². The Kier molecular flexibility index (Phi) is 5.68. The fourth-order valence-electron chi connectivity index (χ4n) is 5.58. The van der Waals surface area contributed by atoms with E-state index in [1.807, 2.05) is 18.6 Å². The molecule has 2 unspecified atom stereocenters. The average Bonchev–Trinajstić information content (AvgIpc) is 3.52. The van der Waals surface area contributed by atoms with Crippen molar-refractivity contribution in [2.24, 2.45) is 0 Å². The molecule has 34 heavy (non-hydrogen) atoms. The lowest BCUT2D eigenvalue weighted by Crippen LogP contribution is -2.68. The minimum atomic E-state index is -4.94. The van der Waals surface area contributed by atoms with Gasteiger partial charge in [-0.2, -0.15) is 4.57 Å². The van der Waals surface area contributed by atoms with Gasteiger partial charge in [0.25, 0.3) is 0 Å². The molecule has 0 saturated carbocycles. The van der Waals surface area contributed by atoms with Crippen LogP contribution in [-0.4, -0.2) is 7.11 Å². The van der Waals surface area contributed by atoms with Crippen LogP contribution < -0.4 is 27.9 Å². The minimum Gasteiger partial charge on any atom is -0.495 e. The van der Waals surface area contributed by atoms with Crippen LogP contribution in [0.5, 0.6) is 5.75 Å². The summed E-state index contributed by atoms with van der Waals surface area (Å²) in [6.45, 7) is 0. The lowest BCUT2D eigenvalue weighted by molar-refractivity contribution is -2.00. The van der Waals surface area contributed by atoms with Gasteiger partial charge < -0.3 is 13.6 Å². The molecule has 0 radical (unpaired) electrons. The topological polar surface area (TPSA) is 132 Å². The summed E-state index contributed by atoms with van der Waals surface area (Å²) in [6, 6.07) is 14.8. The second kappa shape index (κ2) is 8.42. The number of methoxy groups -OCH3 is 1. The van der Waals surface area contributed by atoms with Crippen LogP contribution >= 0.6 is 11.6 Å². The summed E-state index contributed by atoms with van der Waals surface area (Å²) in [5.74, 6) is 0.762. The molecule has 2 bridgehead atoms. The van der Waals surface area contributed by atoms with E-state index < -0.39 is 10.2 Å². The molecule has 3 aromatic heterocycles. The van der Waals surface area contributed by atoms with Crippen LogP contribution in [0.1, 0.15) is 46.3 Å². The molecule has 0 fully saturated rings. The van der Waals surface area contributed by atoms with E-state index in [2.05, 4.69) is 47.2 Å². The fourth-order valence-corrected chi connectivity index (χ4v) is 5.82. The molecule has 1 aromatic carbocycles. The van der Waals surface area contributed by atoms with Gasteiger partial charge in [-0.1, -0.05) is 23.7 Å². The van der Waals surface area contributed by atoms with Crippen molar-refractivity contribution in [2.75, 3.05) is 7.11 Å². The van der Waals surface area contributed by atoms with Crippen molar-refractivity contribution in [3.8, 4) is 5.75 Å². The van der Waals surface area contributed by atoms with Crippen LogP contribution in [0.2, 0.25) is 5.02 Å². The Hall–Kier alpha value is -2.85. The third-order valence-electron chi connectivity index (χ3n) is 6.67. The van der Waals surface area contributed by atoms with Crippen LogP contribution in [0.3, 0.4) is 0 Å². The number of furan rings is 2. The van der Waals surface area contributed by atoms with Gasteiger partial charge in [0.1, 0.15) is 5.75 Å². The highest BCUT2D eigenvalue weighted by atomic mass is 35.7. The van der Waals surface area contributed by atoms with E-state index in [1.54, 1.807) is 19.6 Å². The number of rotatable bonds is 3. The highest BCUT2D eigenvalue weighted by molar-refractivity contribution is 6.32. The predicted molar refractivity (Wildman–Crippen MR) is 107 cm³/mol. The van der Waals surface area contributed by atoms with Crippen molar-refractivity contribution < 1.29 is 47.0 Å². The maximum atomic E-state index is 8.49. The highest BCUT2D eigenvalue weighted by Crippen LogP contribution is 2.62. The van der Waals surface area contributed by atoms with Crippen molar-refractivity contribution in [3.05, 3.63) is 107 Å². The van der Waals surface area contributed by atoms with Crippen LogP contribution in [0.15, 0.2) is 82.5 Å². The maximum Gasteiger partial charge on any atom is 0.190 e. The van der Waals surface area contributed by atoms with Gasteiger partial charge in [0.15, 0.2) is 17.9 Å². The first kappa shape index (κ1) is 22.9. The summed E-state index contributed by atoms with van der Waals surface area (Å²) in [5.41, 5.74) is 5.59. The number of fused-ring (bicyclic) bond motifs is 1. The van der Waals surface area contributed by atoms with E-state index in [9.17, 15) is 0 Å². The largest absolute Gasteiger partial charge is 0.495 e. The van der Waals surface area contributed by atoms with Crippen molar-refractivity contribution in [1.29, 1.82) is 0 Å². The third-order valence-corrected chi connectivity index (χ3v) is 6.97. The smallest absolute Gasteiger partial charge is 0.190 e.